The molecule has 2 N–H and O–H groups in total. The molecule has 0 amide bonds. The second-order valence-corrected chi connectivity index (χ2v) is 5.95. The molecule has 1 aromatic heterocycles. The van der Waals surface area contributed by atoms with Crippen molar-refractivity contribution < 1.29 is 8.42 Å². The SMILES string of the molecule is C#CCN(CC)S(=O)(=O)c1ccsc1CN. The molecule has 16 heavy (non-hydrogen) atoms. The molecule has 0 aliphatic heterocycles. The fraction of sp³-hybridized carbons (Fsp3) is 0.400. The Morgan fingerprint density at radius 3 is 2.81 bits per heavy atom. The molecule has 0 spiro atoms. The third kappa shape index (κ3) is 2.44. The van der Waals surface area contributed by atoms with Crippen molar-refractivity contribution in [2.75, 3.05) is 13.1 Å². The zero-order valence-corrected chi connectivity index (χ0v) is 10.6. The summed E-state index contributed by atoms with van der Waals surface area (Å²) in [4.78, 5) is 0.938. The maximum Gasteiger partial charge on any atom is 0.245 e. The molecule has 0 fully saturated rings. The molecular formula is C10H14N2O2S2. The highest BCUT2D eigenvalue weighted by Crippen LogP contribution is 2.24. The van der Waals surface area contributed by atoms with Crippen molar-refractivity contribution in [3.05, 3.63) is 16.3 Å². The van der Waals surface area contributed by atoms with Gasteiger partial charge in [-0.15, -0.1) is 17.8 Å². The van der Waals surface area contributed by atoms with Crippen LogP contribution in [0, 0.1) is 12.3 Å². The molecule has 1 aromatic rings. The van der Waals surface area contributed by atoms with E-state index in [1.54, 1.807) is 18.4 Å². The van der Waals surface area contributed by atoms with Crippen LogP contribution in [0.1, 0.15) is 11.8 Å². The Hall–Kier alpha value is -0.870. The van der Waals surface area contributed by atoms with Gasteiger partial charge in [0, 0.05) is 18.0 Å². The van der Waals surface area contributed by atoms with E-state index in [1.165, 1.54) is 15.6 Å². The zero-order valence-electron chi connectivity index (χ0n) is 9.01. The summed E-state index contributed by atoms with van der Waals surface area (Å²) in [5.41, 5.74) is 5.49. The van der Waals surface area contributed by atoms with E-state index in [1.807, 2.05) is 0 Å². The van der Waals surface area contributed by atoms with E-state index in [0.717, 1.165) is 0 Å². The first kappa shape index (κ1) is 13.2. The highest BCUT2D eigenvalue weighted by molar-refractivity contribution is 7.89. The molecule has 6 heteroatoms. The van der Waals surface area contributed by atoms with Gasteiger partial charge in [0.1, 0.15) is 0 Å². The second-order valence-electron chi connectivity index (χ2n) is 3.05. The van der Waals surface area contributed by atoms with Crippen LogP contribution in [0.5, 0.6) is 0 Å². The minimum absolute atomic E-state index is 0.0820. The van der Waals surface area contributed by atoms with E-state index in [2.05, 4.69) is 5.92 Å². The van der Waals surface area contributed by atoms with Gasteiger partial charge in [0.2, 0.25) is 10.0 Å². The Bertz CT molecular complexity index is 485. The number of hydrogen-bond acceptors (Lipinski definition) is 4. The van der Waals surface area contributed by atoms with Crippen LogP contribution < -0.4 is 5.73 Å². The number of nitrogens with two attached hydrogens (primary N) is 1. The van der Waals surface area contributed by atoms with Gasteiger partial charge in [0.15, 0.2) is 0 Å². The van der Waals surface area contributed by atoms with Crippen molar-refractivity contribution >= 4 is 21.4 Å². The molecule has 1 rings (SSSR count). The van der Waals surface area contributed by atoms with E-state index in [4.69, 9.17) is 12.2 Å². The Morgan fingerprint density at radius 2 is 2.31 bits per heavy atom. The number of thiophene rings is 1. The number of sulfonamides is 1. The summed E-state index contributed by atoms with van der Waals surface area (Å²) in [5.74, 6) is 2.34. The van der Waals surface area contributed by atoms with Crippen molar-refractivity contribution in [3.8, 4) is 12.3 Å². The average Bonchev–Trinajstić information content (AvgIpc) is 2.74. The van der Waals surface area contributed by atoms with Gasteiger partial charge in [-0.3, -0.25) is 0 Å². The molecule has 0 radical (unpaired) electrons. The summed E-state index contributed by atoms with van der Waals surface area (Å²) < 4.78 is 25.6. The lowest BCUT2D eigenvalue weighted by molar-refractivity contribution is 0.463. The van der Waals surface area contributed by atoms with Crippen LogP contribution in [-0.2, 0) is 16.6 Å². The van der Waals surface area contributed by atoms with Crippen LogP contribution in [0.25, 0.3) is 0 Å². The van der Waals surface area contributed by atoms with Gasteiger partial charge in [-0.1, -0.05) is 12.8 Å². The lowest BCUT2D eigenvalue weighted by Gasteiger charge is -2.17. The predicted molar refractivity (Wildman–Crippen MR) is 65.5 cm³/mol. The van der Waals surface area contributed by atoms with Crippen LogP contribution in [-0.4, -0.2) is 25.8 Å². The van der Waals surface area contributed by atoms with Gasteiger partial charge in [-0.2, -0.15) is 4.31 Å². The van der Waals surface area contributed by atoms with E-state index in [0.29, 0.717) is 11.4 Å². The van der Waals surface area contributed by atoms with Gasteiger partial charge in [-0.25, -0.2) is 8.42 Å². The molecule has 0 saturated heterocycles. The molecule has 4 nitrogen and oxygen atoms in total. The third-order valence-corrected chi connectivity index (χ3v) is 5.21. The van der Waals surface area contributed by atoms with E-state index in [-0.39, 0.29) is 18.0 Å². The fourth-order valence-corrected chi connectivity index (χ4v) is 3.98. The molecular weight excluding hydrogens is 244 g/mol. The van der Waals surface area contributed by atoms with Crippen molar-refractivity contribution in [3.63, 3.8) is 0 Å². The first-order chi connectivity index (χ1) is 7.57. The molecule has 0 aliphatic carbocycles. The highest BCUT2D eigenvalue weighted by atomic mass is 32.2. The van der Waals surface area contributed by atoms with Gasteiger partial charge in [0.05, 0.1) is 11.4 Å². The van der Waals surface area contributed by atoms with Gasteiger partial charge < -0.3 is 5.73 Å². The van der Waals surface area contributed by atoms with E-state index in [9.17, 15) is 8.42 Å². The van der Waals surface area contributed by atoms with Crippen molar-refractivity contribution in [1.29, 1.82) is 0 Å². The van der Waals surface area contributed by atoms with E-state index >= 15 is 0 Å². The van der Waals surface area contributed by atoms with Gasteiger partial charge in [-0.05, 0) is 11.4 Å². The molecule has 0 bridgehead atoms. The summed E-state index contributed by atoms with van der Waals surface area (Å²) in [7, 11) is -3.49. The summed E-state index contributed by atoms with van der Waals surface area (Å²) >= 11 is 1.34. The Labute approximate surface area is 100 Å². The highest BCUT2D eigenvalue weighted by Gasteiger charge is 2.25. The Balaban J connectivity index is 3.15. The van der Waals surface area contributed by atoms with Crippen molar-refractivity contribution in [2.24, 2.45) is 5.73 Å². The van der Waals surface area contributed by atoms with Crippen LogP contribution in [0.4, 0.5) is 0 Å². The molecule has 1 heterocycles. The topological polar surface area (TPSA) is 63.4 Å². The average molecular weight is 258 g/mol. The Morgan fingerprint density at radius 1 is 1.62 bits per heavy atom. The van der Waals surface area contributed by atoms with Gasteiger partial charge >= 0.3 is 0 Å². The monoisotopic (exact) mass is 258 g/mol. The normalized spacial score (nSPS) is 11.6. The largest absolute Gasteiger partial charge is 0.326 e. The smallest absolute Gasteiger partial charge is 0.245 e. The Kier molecular flexibility index (Phi) is 4.50. The quantitative estimate of drug-likeness (QED) is 0.796. The fourth-order valence-electron chi connectivity index (χ4n) is 1.32. The van der Waals surface area contributed by atoms with Crippen LogP contribution in [0.15, 0.2) is 16.3 Å². The zero-order chi connectivity index (χ0) is 12.2. The van der Waals surface area contributed by atoms with Crippen molar-refractivity contribution in [2.45, 2.75) is 18.4 Å². The summed E-state index contributed by atoms with van der Waals surface area (Å²) in [6.45, 7) is 2.41. The number of terminal acetylenes is 1. The maximum absolute atomic E-state index is 12.2. The first-order valence-corrected chi connectivity index (χ1v) is 7.10. The van der Waals surface area contributed by atoms with Crippen LogP contribution in [0.2, 0.25) is 0 Å². The second kappa shape index (κ2) is 5.46. The number of rotatable bonds is 5. The minimum atomic E-state index is -3.49. The lowest BCUT2D eigenvalue weighted by Crippen LogP contribution is -2.31. The first-order valence-electron chi connectivity index (χ1n) is 4.78. The van der Waals surface area contributed by atoms with Crippen LogP contribution >= 0.6 is 11.3 Å². The predicted octanol–water partition coefficient (Wildman–Crippen LogP) is 0.851. The molecule has 0 saturated carbocycles. The van der Waals surface area contributed by atoms with Crippen LogP contribution in [0.3, 0.4) is 0 Å². The molecule has 0 aromatic carbocycles. The molecule has 0 atom stereocenters. The molecule has 0 aliphatic rings. The summed E-state index contributed by atoms with van der Waals surface area (Å²) in [5, 5.41) is 1.72. The lowest BCUT2D eigenvalue weighted by atomic mass is 10.5. The molecule has 0 unspecified atom stereocenters. The summed E-state index contributed by atoms with van der Waals surface area (Å²) in [6.07, 6.45) is 5.15. The summed E-state index contributed by atoms with van der Waals surface area (Å²) in [6, 6.07) is 1.57. The number of nitrogens with zero attached hydrogens (tertiary/aromatic N) is 1. The maximum atomic E-state index is 12.2. The van der Waals surface area contributed by atoms with E-state index < -0.39 is 10.0 Å². The standard InChI is InChI=1S/C10H14N2O2S2/c1-3-6-12(4-2)16(13,14)10-5-7-15-9(10)8-11/h1,5,7H,4,6,8,11H2,2H3. The number of hydrogen-bond donors (Lipinski definition) is 1. The molecule has 88 valence electrons. The van der Waals surface area contributed by atoms with Gasteiger partial charge in [0.25, 0.3) is 0 Å². The minimum Gasteiger partial charge on any atom is -0.326 e. The van der Waals surface area contributed by atoms with Crippen molar-refractivity contribution in [1.82, 2.24) is 4.31 Å². The third-order valence-electron chi connectivity index (χ3n) is 2.13.